The first-order valence-corrected chi connectivity index (χ1v) is 10.0. The Morgan fingerprint density at radius 1 is 1.26 bits per heavy atom. The zero-order valence-corrected chi connectivity index (χ0v) is 16.0. The number of nitrogens with one attached hydrogen (secondary N) is 1. The van der Waals surface area contributed by atoms with E-state index in [0.717, 1.165) is 10.4 Å². The van der Waals surface area contributed by atoms with E-state index in [4.69, 9.17) is 5.11 Å². The molecule has 0 bridgehead atoms. The van der Waals surface area contributed by atoms with Crippen molar-refractivity contribution >= 4 is 23.3 Å². The molecule has 1 aliphatic rings. The number of carbonyl (C=O) groups is 2. The number of carbonyl (C=O) groups excluding carboxylic acids is 2. The molecule has 0 radical (unpaired) electrons. The largest absolute Gasteiger partial charge is 0.396 e. The standard InChI is InChI=1S/C20H25N3O3S/c24-10-5-9-22(15-18-8-4-11-27-18)20(26)21-17-12-19(25)23(14-17)13-16-6-2-1-3-7-16/h1-4,6-8,11,17,24H,5,9-10,12-15H2,(H,21,26)/t17-/m1/s1. The highest BCUT2D eigenvalue weighted by Crippen LogP contribution is 2.17. The molecule has 6 nitrogen and oxygen atoms in total. The Kier molecular flexibility index (Phi) is 6.84. The lowest BCUT2D eigenvalue weighted by molar-refractivity contribution is -0.128. The SMILES string of the molecule is O=C1C[C@@H](NC(=O)N(CCCO)Cc2cccs2)CN1Cc1ccccc1. The first-order chi connectivity index (χ1) is 13.2. The maximum absolute atomic E-state index is 12.7. The van der Waals surface area contributed by atoms with Gasteiger partial charge in [-0.3, -0.25) is 4.79 Å². The molecule has 0 saturated carbocycles. The van der Waals surface area contributed by atoms with E-state index in [1.807, 2.05) is 47.8 Å². The van der Waals surface area contributed by atoms with Gasteiger partial charge in [0, 0.05) is 37.5 Å². The van der Waals surface area contributed by atoms with Crippen LogP contribution in [0.1, 0.15) is 23.3 Å². The van der Waals surface area contributed by atoms with Crippen LogP contribution < -0.4 is 5.32 Å². The minimum absolute atomic E-state index is 0.0426. The summed E-state index contributed by atoms with van der Waals surface area (Å²) in [6, 6.07) is 13.4. The van der Waals surface area contributed by atoms with Crippen molar-refractivity contribution in [2.45, 2.75) is 32.0 Å². The number of urea groups is 1. The van der Waals surface area contributed by atoms with Crippen LogP contribution in [0.4, 0.5) is 4.79 Å². The van der Waals surface area contributed by atoms with E-state index >= 15 is 0 Å². The second-order valence-corrected chi connectivity index (χ2v) is 7.72. The van der Waals surface area contributed by atoms with Gasteiger partial charge >= 0.3 is 6.03 Å². The quantitative estimate of drug-likeness (QED) is 0.731. The minimum atomic E-state index is -0.186. The molecule has 1 aliphatic heterocycles. The van der Waals surface area contributed by atoms with E-state index < -0.39 is 0 Å². The van der Waals surface area contributed by atoms with Crippen LogP contribution >= 0.6 is 11.3 Å². The lowest BCUT2D eigenvalue weighted by Crippen LogP contribution is -2.45. The molecule has 2 N–H and O–H groups in total. The Labute approximate surface area is 163 Å². The van der Waals surface area contributed by atoms with Crippen LogP contribution in [0.15, 0.2) is 47.8 Å². The second kappa shape index (κ2) is 9.53. The van der Waals surface area contributed by atoms with Crippen molar-refractivity contribution in [2.75, 3.05) is 19.7 Å². The van der Waals surface area contributed by atoms with Crippen LogP contribution in [0.3, 0.4) is 0 Å². The fraction of sp³-hybridized carbons (Fsp3) is 0.400. The van der Waals surface area contributed by atoms with Crippen molar-refractivity contribution in [3.05, 3.63) is 58.3 Å². The smallest absolute Gasteiger partial charge is 0.318 e. The van der Waals surface area contributed by atoms with Crippen LogP contribution in [0.5, 0.6) is 0 Å². The molecular formula is C20H25N3O3S. The maximum atomic E-state index is 12.7. The molecule has 1 aromatic carbocycles. The molecule has 7 heteroatoms. The Bertz CT molecular complexity index is 736. The summed E-state index contributed by atoms with van der Waals surface area (Å²) in [5.74, 6) is 0.0596. The number of likely N-dealkylation sites (tertiary alicyclic amines) is 1. The molecule has 0 unspecified atom stereocenters. The van der Waals surface area contributed by atoms with Crippen molar-refractivity contribution in [1.82, 2.24) is 15.1 Å². The average molecular weight is 388 g/mol. The van der Waals surface area contributed by atoms with Gasteiger partial charge in [-0.2, -0.15) is 0 Å². The summed E-state index contributed by atoms with van der Waals surface area (Å²) < 4.78 is 0. The molecule has 2 heterocycles. The van der Waals surface area contributed by atoms with Gasteiger partial charge in [0.05, 0.1) is 12.6 Å². The molecule has 27 heavy (non-hydrogen) atoms. The number of nitrogens with zero attached hydrogens (tertiary/aromatic N) is 2. The highest BCUT2D eigenvalue weighted by atomic mass is 32.1. The molecule has 1 atom stereocenters. The van der Waals surface area contributed by atoms with E-state index in [0.29, 0.717) is 39.0 Å². The predicted octanol–water partition coefficient (Wildman–Crippen LogP) is 2.44. The summed E-state index contributed by atoms with van der Waals surface area (Å²) in [4.78, 5) is 29.6. The Morgan fingerprint density at radius 2 is 2.07 bits per heavy atom. The van der Waals surface area contributed by atoms with Gasteiger partial charge in [0.25, 0.3) is 0 Å². The van der Waals surface area contributed by atoms with Crippen LogP contribution in [0.25, 0.3) is 0 Å². The molecule has 144 valence electrons. The Hall–Kier alpha value is -2.38. The van der Waals surface area contributed by atoms with Gasteiger partial charge in [0.15, 0.2) is 0 Å². The summed E-state index contributed by atoms with van der Waals surface area (Å²) in [5.41, 5.74) is 1.08. The van der Waals surface area contributed by atoms with Crippen LogP contribution in [-0.2, 0) is 17.9 Å². The maximum Gasteiger partial charge on any atom is 0.318 e. The lowest BCUT2D eigenvalue weighted by atomic mass is 10.2. The number of amides is 3. The van der Waals surface area contributed by atoms with Gasteiger partial charge in [0.1, 0.15) is 0 Å². The highest BCUT2D eigenvalue weighted by Gasteiger charge is 2.31. The van der Waals surface area contributed by atoms with E-state index in [1.165, 1.54) is 0 Å². The molecule has 0 aliphatic carbocycles. The van der Waals surface area contributed by atoms with Gasteiger partial charge in [-0.05, 0) is 23.4 Å². The molecule has 3 rings (SSSR count). The summed E-state index contributed by atoms with van der Waals surface area (Å²) in [5, 5.41) is 14.1. The molecule has 2 aromatic rings. The van der Waals surface area contributed by atoms with Crippen molar-refractivity contribution < 1.29 is 14.7 Å². The van der Waals surface area contributed by atoms with Crippen LogP contribution in [-0.4, -0.2) is 52.6 Å². The van der Waals surface area contributed by atoms with E-state index in [9.17, 15) is 9.59 Å². The monoisotopic (exact) mass is 387 g/mol. The van der Waals surface area contributed by atoms with Gasteiger partial charge in [0.2, 0.25) is 5.91 Å². The zero-order valence-electron chi connectivity index (χ0n) is 15.2. The average Bonchev–Trinajstić information content (AvgIpc) is 3.29. The summed E-state index contributed by atoms with van der Waals surface area (Å²) >= 11 is 1.60. The van der Waals surface area contributed by atoms with Crippen molar-refractivity contribution in [1.29, 1.82) is 0 Å². The van der Waals surface area contributed by atoms with Gasteiger partial charge in [-0.1, -0.05) is 36.4 Å². The summed E-state index contributed by atoms with van der Waals surface area (Å²) in [7, 11) is 0. The molecular weight excluding hydrogens is 362 g/mol. The van der Waals surface area contributed by atoms with Crippen LogP contribution in [0, 0.1) is 0 Å². The molecule has 1 saturated heterocycles. The molecule has 1 fully saturated rings. The summed E-state index contributed by atoms with van der Waals surface area (Å²) in [6.07, 6.45) is 0.855. The minimum Gasteiger partial charge on any atom is -0.396 e. The third kappa shape index (κ3) is 5.55. The topological polar surface area (TPSA) is 72.9 Å². The van der Waals surface area contributed by atoms with Gasteiger partial charge < -0.3 is 20.2 Å². The van der Waals surface area contributed by atoms with E-state index in [-0.39, 0.29) is 24.6 Å². The number of hydrogen-bond acceptors (Lipinski definition) is 4. The third-order valence-corrected chi connectivity index (χ3v) is 5.42. The second-order valence-electron chi connectivity index (χ2n) is 6.69. The number of rotatable bonds is 8. The first-order valence-electron chi connectivity index (χ1n) is 9.16. The number of thiophene rings is 1. The highest BCUT2D eigenvalue weighted by molar-refractivity contribution is 7.09. The number of aliphatic hydroxyl groups is 1. The molecule has 3 amide bonds. The van der Waals surface area contributed by atoms with Gasteiger partial charge in [-0.15, -0.1) is 11.3 Å². The number of aliphatic hydroxyl groups excluding tert-OH is 1. The third-order valence-electron chi connectivity index (χ3n) is 4.56. The zero-order chi connectivity index (χ0) is 19.1. The van der Waals surface area contributed by atoms with E-state index in [2.05, 4.69) is 5.32 Å². The number of benzene rings is 1. The van der Waals surface area contributed by atoms with E-state index in [1.54, 1.807) is 21.1 Å². The first kappa shape index (κ1) is 19.4. The Morgan fingerprint density at radius 3 is 2.78 bits per heavy atom. The summed E-state index contributed by atoms with van der Waals surface area (Å²) in [6.45, 7) is 2.12. The van der Waals surface area contributed by atoms with Crippen LogP contribution in [0.2, 0.25) is 0 Å². The lowest BCUT2D eigenvalue weighted by Gasteiger charge is -2.24. The molecule has 1 aromatic heterocycles. The predicted molar refractivity (Wildman–Crippen MR) is 105 cm³/mol. The fourth-order valence-corrected chi connectivity index (χ4v) is 3.92. The normalized spacial score (nSPS) is 16.6. The van der Waals surface area contributed by atoms with Crippen molar-refractivity contribution in [2.24, 2.45) is 0 Å². The fourth-order valence-electron chi connectivity index (χ4n) is 3.20. The molecule has 0 spiro atoms. The van der Waals surface area contributed by atoms with Gasteiger partial charge in [-0.25, -0.2) is 4.79 Å². The van der Waals surface area contributed by atoms with Crippen molar-refractivity contribution in [3.8, 4) is 0 Å². The van der Waals surface area contributed by atoms with Crippen molar-refractivity contribution in [3.63, 3.8) is 0 Å². The number of hydrogen-bond donors (Lipinski definition) is 2. The Balaban J connectivity index is 1.56.